The van der Waals surface area contributed by atoms with Crippen LogP contribution >= 0.6 is 0 Å². The van der Waals surface area contributed by atoms with E-state index in [1.165, 1.54) is 0 Å². The molecule has 0 bridgehead atoms. The monoisotopic (exact) mass is 205 g/mol. The minimum Gasteiger partial charge on any atom is -0.396 e. The molecule has 0 saturated carbocycles. The molecular formula is C11H15N3O. The van der Waals surface area contributed by atoms with Gasteiger partial charge in [0, 0.05) is 19.3 Å². The maximum Gasteiger partial charge on any atom is 0.163 e. The summed E-state index contributed by atoms with van der Waals surface area (Å²) in [5.41, 5.74) is 1.17. The summed E-state index contributed by atoms with van der Waals surface area (Å²) in [4.78, 5) is 3.95. The second-order valence-electron chi connectivity index (χ2n) is 3.51. The van der Waals surface area contributed by atoms with Gasteiger partial charge in [-0.1, -0.05) is 6.92 Å². The molecule has 1 unspecified atom stereocenters. The van der Waals surface area contributed by atoms with E-state index in [1.807, 2.05) is 19.1 Å². The molecule has 4 nitrogen and oxygen atoms in total. The molecule has 0 saturated heterocycles. The van der Waals surface area contributed by atoms with Gasteiger partial charge in [-0.05, 0) is 24.5 Å². The lowest BCUT2D eigenvalue weighted by Gasteiger charge is -2.12. The Hall–Kier alpha value is -1.60. The first-order valence-corrected chi connectivity index (χ1v) is 4.97. The van der Waals surface area contributed by atoms with Crippen LogP contribution < -0.4 is 5.32 Å². The Morgan fingerprint density at radius 2 is 2.47 bits per heavy atom. The number of nitrogens with zero attached hydrogens (tertiary/aromatic N) is 2. The zero-order valence-corrected chi connectivity index (χ0v) is 8.77. The van der Waals surface area contributed by atoms with Crippen molar-refractivity contribution in [2.24, 2.45) is 5.92 Å². The molecule has 2 N–H and O–H groups in total. The number of nitriles is 1. The summed E-state index contributed by atoms with van der Waals surface area (Å²) in [5.74, 6) is 0.377. The second kappa shape index (κ2) is 5.99. The molecule has 0 spiro atoms. The Morgan fingerprint density at radius 1 is 1.67 bits per heavy atom. The minimum absolute atomic E-state index is 0.195. The molecule has 0 aliphatic rings. The zero-order valence-electron chi connectivity index (χ0n) is 8.77. The van der Waals surface area contributed by atoms with E-state index in [-0.39, 0.29) is 6.61 Å². The SMILES string of the molecule is CC(CCO)CNc1cccnc1C#N. The lowest BCUT2D eigenvalue weighted by molar-refractivity contribution is 0.266. The third-order valence-electron chi connectivity index (χ3n) is 2.18. The predicted molar refractivity (Wildman–Crippen MR) is 58.3 cm³/mol. The number of hydrogen-bond donors (Lipinski definition) is 2. The van der Waals surface area contributed by atoms with E-state index in [9.17, 15) is 0 Å². The molecular weight excluding hydrogens is 190 g/mol. The van der Waals surface area contributed by atoms with Crippen molar-refractivity contribution in [2.75, 3.05) is 18.5 Å². The van der Waals surface area contributed by atoms with Crippen LogP contribution in [0.25, 0.3) is 0 Å². The zero-order chi connectivity index (χ0) is 11.1. The quantitative estimate of drug-likeness (QED) is 0.762. The third kappa shape index (κ3) is 3.56. The van der Waals surface area contributed by atoms with Gasteiger partial charge in [0.15, 0.2) is 5.69 Å². The first kappa shape index (κ1) is 11.5. The van der Waals surface area contributed by atoms with Crippen molar-refractivity contribution in [2.45, 2.75) is 13.3 Å². The number of pyridine rings is 1. The molecule has 1 heterocycles. The number of rotatable bonds is 5. The number of aliphatic hydroxyl groups excluding tert-OH is 1. The smallest absolute Gasteiger partial charge is 0.163 e. The van der Waals surface area contributed by atoms with Gasteiger partial charge in [0.25, 0.3) is 0 Å². The fourth-order valence-corrected chi connectivity index (χ4v) is 1.24. The lowest BCUT2D eigenvalue weighted by atomic mass is 10.1. The molecule has 1 aromatic heterocycles. The maximum atomic E-state index is 8.79. The van der Waals surface area contributed by atoms with Gasteiger partial charge >= 0.3 is 0 Å². The van der Waals surface area contributed by atoms with Crippen LogP contribution in [0.1, 0.15) is 19.0 Å². The topological polar surface area (TPSA) is 68.9 Å². The molecule has 0 aromatic carbocycles. The second-order valence-corrected chi connectivity index (χ2v) is 3.51. The normalized spacial score (nSPS) is 11.8. The van der Waals surface area contributed by atoms with E-state index in [2.05, 4.69) is 10.3 Å². The first-order chi connectivity index (χ1) is 7.27. The Labute approximate surface area is 89.6 Å². The number of hydrogen-bond acceptors (Lipinski definition) is 4. The van der Waals surface area contributed by atoms with E-state index in [0.29, 0.717) is 11.6 Å². The van der Waals surface area contributed by atoms with Crippen molar-refractivity contribution in [1.29, 1.82) is 5.26 Å². The van der Waals surface area contributed by atoms with E-state index in [4.69, 9.17) is 10.4 Å². The van der Waals surface area contributed by atoms with Crippen molar-refractivity contribution >= 4 is 5.69 Å². The molecule has 4 heteroatoms. The molecule has 1 aromatic rings. The molecule has 0 radical (unpaired) electrons. The van der Waals surface area contributed by atoms with Crippen molar-refractivity contribution < 1.29 is 5.11 Å². The van der Waals surface area contributed by atoms with E-state index in [1.54, 1.807) is 12.3 Å². The maximum absolute atomic E-state index is 8.79. The van der Waals surface area contributed by atoms with Crippen LogP contribution in [-0.2, 0) is 0 Å². The van der Waals surface area contributed by atoms with E-state index in [0.717, 1.165) is 18.7 Å². The van der Waals surface area contributed by atoms with Crippen LogP contribution in [0, 0.1) is 17.2 Å². The van der Waals surface area contributed by atoms with Gasteiger partial charge < -0.3 is 10.4 Å². The van der Waals surface area contributed by atoms with Crippen molar-refractivity contribution in [3.8, 4) is 6.07 Å². The molecule has 0 aliphatic heterocycles. The van der Waals surface area contributed by atoms with Crippen molar-refractivity contribution in [1.82, 2.24) is 4.98 Å². The summed E-state index contributed by atoms with van der Waals surface area (Å²) < 4.78 is 0. The molecule has 0 aliphatic carbocycles. The minimum atomic E-state index is 0.195. The Bertz CT molecular complexity index is 346. The number of aliphatic hydroxyl groups is 1. The Kier molecular flexibility index (Phi) is 4.58. The fourth-order valence-electron chi connectivity index (χ4n) is 1.24. The van der Waals surface area contributed by atoms with Gasteiger partial charge in [0.2, 0.25) is 0 Å². The Morgan fingerprint density at radius 3 is 3.13 bits per heavy atom. The molecule has 15 heavy (non-hydrogen) atoms. The van der Waals surface area contributed by atoms with Crippen LogP contribution in [0.4, 0.5) is 5.69 Å². The first-order valence-electron chi connectivity index (χ1n) is 4.97. The summed E-state index contributed by atoms with van der Waals surface area (Å²) in [5, 5.41) is 20.7. The van der Waals surface area contributed by atoms with Crippen molar-refractivity contribution in [3.63, 3.8) is 0 Å². The average Bonchev–Trinajstić information content (AvgIpc) is 2.27. The molecule has 0 fully saturated rings. The molecule has 0 amide bonds. The molecule has 1 rings (SSSR count). The number of aromatic nitrogens is 1. The van der Waals surface area contributed by atoms with Gasteiger partial charge in [-0.2, -0.15) is 5.26 Å². The molecule has 80 valence electrons. The highest BCUT2D eigenvalue weighted by molar-refractivity contribution is 5.53. The number of anilines is 1. The van der Waals surface area contributed by atoms with Gasteiger partial charge in [-0.15, -0.1) is 0 Å². The summed E-state index contributed by atoms with van der Waals surface area (Å²) in [6.07, 6.45) is 2.36. The highest BCUT2D eigenvalue weighted by Gasteiger charge is 2.04. The standard InChI is InChI=1S/C11H15N3O/c1-9(4-6-15)8-14-10-3-2-5-13-11(10)7-12/h2-3,5,9,14-15H,4,6,8H2,1H3. The van der Waals surface area contributed by atoms with E-state index >= 15 is 0 Å². The third-order valence-corrected chi connectivity index (χ3v) is 2.18. The van der Waals surface area contributed by atoms with E-state index < -0.39 is 0 Å². The highest BCUT2D eigenvalue weighted by Crippen LogP contribution is 2.12. The Balaban J connectivity index is 2.54. The fraction of sp³-hybridized carbons (Fsp3) is 0.455. The highest BCUT2D eigenvalue weighted by atomic mass is 16.3. The van der Waals surface area contributed by atoms with Crippen LogP contribution in [-0.4, -0.2) is 23.2 Å². The predicted octanol–water partition coefficient (Wildman–Crippen LogP) is 1.38. The van der Waals surface area contributed by atoms with Crippen LogP contribution in [0.3, 0.4) is 0 Å². The van der Waals surface area contributed by atoms with Gasteiger partial charge in [-0.25, -0.2) is 4.98 Å². The van der Waals surface area contributed by atoms with Crippen LogP contribution in [0.5, 0.6) is 0 Å². The van der Waals surface area contributed by atoms with Gasteiger partial charge in [0.05, 0.1) is 5.69 Å². The van der Waals surface area contributed by atoms with Gasteiger partial charge in [0.1, 0.15) is 6.07 Å². The van der Waals surface area contributed by atoms with Crippen LogP contribution in [0.2, 0.25) is 0 Å². The summed E-state index contributed by atoms with van der Waals surface area (Å²) in [6.45, 7) is 2.98. The summed E-state index contributed by atoms with van der Waals surface area (Å²) in [6, 6.07) is 5.65. The average molecular weight is 205 g/mol. The summed E-state index contributed by atoms with van der Waals surface area (Å²) >= 11 is 0. The largest absolute Gasteiger partial charge is 0.396 e. The van der Waals surface area contributed by atoms with Crippen molar-refractivity contribution in [3.05, 3.63) is 24.0 Å². The molecule has 1 atom stereocenters. The summed E-state index contributed by atoms with van der Waals surface area (Å²) in [7, 11) is 0. The van der Waals surface area contributed by atoms with Crippen LogP contribution in [0.15, 0.2) is 18.3 Å². The lowest BCUT2D eigenvalue weighted by Crippen LogP contribution is -2.13. The number of nitrogens with one attached hydrogen (secondary N) is 1. The van der Waals surface area contributed by atoms with Gasteiger partial charge in [-0.3, -0.25) is 0 Å².